The Morgan fingerprint density at radius 2 is 1.79 bits per heavy atom. The summed E-state index contributed by atoms with van der Waals surface area (Å²) in [5, 5.41) is 0.166. The molecule has 0 saturated heterocycles. The molecule has 0 fully saturated rings. The molecule has 6 nitrogen and oxygen atoms in total. The van der Waals surface area contributed by atoms with Gasteiger partial charge < -0.3 is 4.74 Å². The second-order valence-electron chi connectivity index (χ2n) is 7.03. The zero-order valence-electron chi connectivity index (χ0n) is 17.0. The van der Waals surface area contributed by atoms with Crippen molar-refractivity contribution in [3.63, 3.8) is 0 Å². The van der Waals surface area contributed by atoms with Crippen molar-refractivity contribution in [2.75, 3.05) is 7.11 Å². The minimum Gasteiger partial charge on any atom is -0.496 e. The lowest BCUT2D eigenvalue weighted by Gasteiger charge is -2.14. The molecule has 2 heterocycles. The number of nitrogens with zero attached hydrogens (tertiary/aromatic N) is 3. The van der Waals surface area contributed by atoms with Gasteiger partial charge in [-0.3, -0.25) is 4.98 Å². The van der Waals surface area contributed by atoms with Gasteiger partial charge in [0.05, 0.1) is 40.9 Å². The first kappa shape index (κ1) is 22.6. The lowest BCUT2D eigenvalue weighted by molar-refractivity contribution is -0.137. The van der Waals surface area contributed by atoms with Crippen LogP contribution >= 0.6 is 0 Å². The van der Waals surface area contributed by atoms with Gasteiger partial charge in [0.2, 0.25) is 0 Å². The molecule has 0 unspecified atom stereocenters. The number of benzene rings is 2. The van der Waals surface area contributed by atoms with E-state index < -0.39 is 33.1 Å². The summed E-state index contributed by atoms with van der Waals surface area (Å²) < 4.78 is 84.6. The summed E-state index contributed by atoms with van der Waals surface area (Å²) in [6.45, 7) is 0. The molecule has 2 aromatic heterocycles. The summed E-state index contributed by atoms with van der Waals surface area (Å²) in [5.41, 5.74) is -0.285. The Bertz CT molecular complexity index is 1440. The number of halogens is 4. The van der Waals surface area contributed by atoms with Crippen molar-refractivity contribution in [1.82, 2.24) is 15.0 Å². The number of pyridine rings is 1. The van der Waals surface area contributed by atoms with Crippen molar-refractivity contribution in [1.29, 1.82) is 0 Å². The molecular formula is C22H15F4N3O3S. The molecule has 0 N–H and O–H groups in total. The van der Waals surface area contributed by atoms with Crippen molar-refractivity contribution < 1.29 is 30.7 Å². The van der Waals surface area contributed by atoms with Crippen LogP contribution in [-0.2, 0) is 21.8 Å². The normalized spacial score (nSPS) is 12.2. The van der Waals surface area contributed by atoms with E-state index >= 15 is 0 Å². The molecule has 0 aliphatic heterocycles. The fraction of sp³-hybridized carbons (Fsp3) is 0.136. The van der Waals surface area contributed by atoms with Crippen LogP contribution in [0.25, 0.3) is 22.0 Å². The van der Waals surface area contributed by atoms with E-state index in [-0.39, 0.29) is 38.4 Å². The van der Waals surface area contributed by atoms with Crippen LogP contribution in [0, 0.1) is 5.82 Å². The van der Waals surface area contributed by atoms with Gasteiger partial charge in [-0.15, -0.1) is 0 Å². The summed E-state index contributed by atoms with van der Waals surface area (Å²) in [5.74, 6) is -1.29. The van der Waals surface area contributed by atoms with E-state index in [0.29, 0.717) is 0 Å². The van der Waals surface area contributed by atoms with Crippen molar-refractivity contribution in [2.45, 2.75) is 16.8 Å². The average molecular weight is 477 g/mol. The number of sulfone groups is 1. The third kappa shape index (κ3) is 4.49. The highest BCUT2D eigenvalue weighted by molar-refractivity contribution is 7.90. The summed E-state index contributed by atoms with van der Waals surface area (Å²) in [7, 11) is -2.65. The Morgan fingerprint density at radius 3 is 2.45 bits per heavy atom. The zero-order chi connectivity index (χ0) is 23.8. The fourth-order valence-corrected chi connectivity index (χ4v) is 4.64. The summed E-state index contributed by atoms with van der Waals surface area (Å²) in [6, 6.07) is 8.16. The molecule has 4 rings (SSSR count). The first-order valence-electron chi connectivity index (χ1n) is 9.41. The Labute approximate surface area is 185 Å². The van der Waals surface area contributed by atoms with Crippen LogP contribution in [0.1, 0.15) is 11.3 Å². The Balaban J connectivity index is 1.83. The summed E-state index contributed by atoms with van der Waals surface area (Å²) in [6.07, 6.45) is -1.06. The molecule has 0 aliphatic carbocycles. The Kier molecular flexibility index (Phi) is 5.75. The standard InChI is InChI=1S/C22H15F4N3O3S/c1-32-20-8-13(22(24,25)26)2-4-17(20)21-16-5-3-15(9-18(16)19(23)10-28-21)33(30,31)11-14-6-7-27-12-29-14/h2-10,12H,11H2,1H3. The molecule has 0 radical (unpaired) electrons. The zero-order valence-corrected chi connectivity index (χ0v) is 17.8. The number of hydrogen-bond acceptors (Lipinski definition) is 6. The third-order valence-corrected chi connectivity index (χ3v) is 6.58. The molecule has 0 amide bonds. The third-order valence-electron chi connectivity index (χ3n) is 4.93. The van der Waals surface area contributed by atoms with Crippen LogP contribution < -0.4 is 4.74 Å². The molecule has 4 aromatic rings. The highest BCUT2D eigenvalue weighted by Gasteiger charge is 2.31. The summed E-state index contributed by atoms with van der Waals surface area (Å²) in [4.78, 5) is 11.5. The molecule has 0 bridgehead atoms. The SMILES string of the molecule is COc1cc(C(F)(F)F)ccc1-c1ncc(F)c2cc(S(=O)(=O)Cc3ccncn3)ccc12. The molecule has 170 valence electrons. The van der Waals surface area contributed by atoms with Crippen LogP contribution in [0.15, 0.2) is 66.1 Å². The van der Waals surface area contributed by atoms with E-state index in [1.165, 1.54) is 50.0 Å². The van der Waals surface area contributed by atoms with E-state index in [0.717, 1.165) is 18.3 Å². The number of methoxy groups -OCH3 is 1. The number of aromatic nitrogens is 3. The van der Waals surface area contributed by atoms with Crippen LogP contribution in [0.2, 0.25) is 0 Å². The predicted molar refractivity (Wildman–Crippen MR) is 112 cm³/mol. The van der Waals surface area contributed by atoms with Gasteiger partial charge in [-0.25, -0.2) is 22.8 Å². The van der Waals surface area contributed by atoms with E-state index in [1.54, 1.807) is 0 Å². The van der Waals surface area contributed by atoms with Crippen molar-refractivity contribution in [3.05, 3.63) is 78.3 Å². The van der Waals surface area contributed by atoms with Gasteiger partial charge in [-0.2, -0.15) is 13.2 Å². The second-order valence-corrected chi connectivity index (χ2v) is 9.02. The largest absolute Gasteiger partial charge is 0.496 e. The minimum absolute atomic E-state index is 0.0503. The molecule has 0 aliphatic rings. The second kappa shape index (κ2) is 8.39. The van der Waals surface area contributed by atoms with E-state index in [9.17, 15) is 26.0 Å². The molecule has 2 aromatic carbocycles. The number of hydrogen-bond donors (Lipinski definition) is 0. The lowest BCUT2D eigenvalue weighted by Crippen LogP contribution is -2.07. The Morgan fingerprint density at radius 1 is 1.00 bits per heavy atom. The Hall–Kier alpha value is -3.60. The number of ether oxygens (including phenoxy) is 1. The van der Waals surface area contributed by atoms with Gasteiger partial charge in [-0.05, 0) is 36.4 Å². The van der Waals surface area contributed by atoms with Crippen LogP contribution in [0.3, 0.4) is 0 Å². The van der Waals surface area contributed by atoms with Gasteiger partial charge in [0.25, 0.3) is 0 Å². The number of fused-ring (bicyclic) bond motifs is 1. The van der Waals surface area contributed by atoms with Gasteiger partial charge in [0, 0.05) is 22.5 Å². The predicted octanol–water partition coefficient (Wildman–Crippen LogP) is 4.83. The maximum atomic E-state index is 14.6. The molecule has 11 heteroatoms. The van der Waals surface area contributed by atoms with Crippen molar-refractivity contribution in [2.24, 2.45) is 0 Å². The highest BCUT2D eigenvalue weighted by Crippen LogP contribution is 2.39. The molecule has 0 atom stereocenters. The average Bonchev–Trinajstić information content (AvgIpc) is 2.78. The van der Waals surface area contributed by atoms with Gasteiger partial charge in [-0.1, -0.05) is 6.07 Å². The van der Waals surface area contributed by atoms with E-state index in [2.05, 4.69) is 15.0 Å². The van der Waals surface area contributed by atoms with Crippen LogP contribution in [-0.4, -0.2) is 30.5 Å². The van der Waals surface area contributed by atoms with E-state index in [1.807, 2.05) is 0 Å². The number of alkyl halides is 3. The van der Waals surface area contributed by atoms with Gasteiger partial charge >= 0.3 is 6.18 Å². The molecule has 33 heavy (non-hydrogen) atoms. The fourth-order valence-electron chi connectivity index (χ4n) is 3.34. The van der Waals surface area contributed by atoms with Crippen LogP contribution in [0.4, 0.5) is 17.6 Å². The van der Waals surface area contributed by atoms with Gasteiger partial charge in [0.1, 0.15) is 17.9 Å². The smallest absolute Gasteiger partial charge is 0.416 e. The molecule has 0 spiro atoms. The first-order chi connectivity index (χ1) is 15.6. The van der Waals surface area contributed by atoms with Crippen molar-refractivity contribution >= 4 is 20.6 Å². The van der Waals surface area contributed by atoms with Crippen molar-refractivity contribution in [3.8, 4) is 17.0 Å². The summed E-state index contributed by atoms with van der Waals surface area (Å²) >= 11 is 0. The maximum absolute atomic E-state index is 14.6. The first-order valence-corrected chi connectivity index (χ1v) is 11.1. The monoisotopic (exact) mass is 477 g/mol. The highest BCUT2D eigenvalue weighted by atomic mass is 32.2. The quantitative estimate of drug-likeness (QED) is 0.383. The molecule has 0 saturated carbocycles. The number of rotatable bonds is 5. The topological polar surface area (TPSA) is 82.0 Å². The van der Waals surface area contributed by atoms with Crippen LogP contribution in [0.5, 0.6) is 5.75 Å². The maximum Gasteiger partial charge on any atom is 0.416 e. The van der Waals surface area contributed by atoms with Gasteiger partial charge in [0.15, 0.2) is 9.84 Å². The minimum atomic E-state index is -4.57. The molecular weight excluding hydrogens is 462 g/mol. The van der Waals surface area contributed by atoms with E-state index in [4.69, 9.17) is 4.74 Å². The lowest BCUT2D eigenvalue weighted by atomic mass is 10.0.